The van der Waals surface area contributed by atoms with E-state index in [4.69, 9.17) is 27.9 Å². The Morgan fingerprint density at radius 2 is 1.50 bits per heavy atom. The highest BCUT2D eigenvalue weighted by molar-refractivity contribution is 6.32. The number of carbonyl (C=O) groups excluding carboxylic acids is 2. The van der Waals surface area contributed by atoms with Gasteiger partial charge in [-0.25, -0.2) is 0 Å². The van der Waals surface area contributed by atoms with Crippen LogP contribution in [0.5, 0.6) is 5.75 Å². The van der Waals surface area contributed by atoms with Crippen molar-refractivity contribution >= 4 is 35.0 Å². The molecular weight excluding hydrogens is 521 g/mol. The number of pyridine rings is 1. The van der Waals surface area contributed by atoms with E-state index in [2.05, 4.69) is 10.3 Å². The molecule has 194 valence electrons. The smallest absolute Gasteiger partial charge is 0.261 e. The van der Waals surface area contributed by atoms with Crippen LogP contribution in [0.25, 0.3) is 0 Å². The quantitative estimate of drug-likeness (QED) is 0.260. The molecule has 1 aromatic heterocycles. The van der Waals surface area contributed by atoms with Crippen LogP contribution in [0.1, 0.15) is 16.7 Å². The van der Waals surface area contributed by atoms with Gasteiger partial charge in [-0.1, -0.05) is 77.8 Å². The zero-order valence-corrected chi connectivity index (χ0v) is 22.1. The number of hydrogen-bond acceptors (Lipinski definition) is 4. The third kappa shape index (κ3) is 7.81. The van der Waals surface area contributed by atoms with Crippen LogP contribution in [0, 0.1) is 0 Å². The van der Waals surface area contributed by atoms with Crippen molar-refractivity contribution in [3.63, 3.8) is 0 Å². The van der Waals surface area contributed by atoms with Crippen molar-refractivity contribution in [3.05, 3.63) is 130 Å². The Balaban J connectivity index is 1.61. The van der Waals surface area contributed by atoms with E-state index in [9.17, 15) is 9.59 Å². The van der Waals surface area contributed by atoms with Gasteiger partial charge in [0.15, 0.2) is 6.61 Å². The maximum Gasteiger partial charge on any atom is 0.261 e. The number of hydrogen-bond donors (Lipinski definition) is 1. The summed E-state index contributed by atoms with van der Waals surface area (Å²) in [7, 11) is 0. The highest BCUT2D eigenvalue weighted by Gasteiger charge is 2.30. The number of nitrogens with zero attached hydrogens (tertiary/aromatic N) is 2. The summed E-state index contributed by atoms with van der Waals surface area (Å²) in [6.07, 6.45) is 3.67. The minimum absolute atomic E-state index is 0.196. The predicted octanol–water partition coefficient (Wildman–Crippen LogP) is 5.72. The Labute approximate surface area is 232 Å². The summed E-state index contributed by atoms with van der Waals surface area (Å²) in [6, 6.07) is 26.6. The van der Waals surface area contributed by atoms with Crippen LogP contribution >= 0.6 is 23.2 Å². The lowest BCUT2D eigenvalue weighted by Gasteiger charge is -2.31. The van der Waals surface area contributed by atoms with Crippen LogP contribution in [-0.4, -0.2) is 34.3 Å². The number of halogens is 2. The number of rotatable bonds is 11. The van der Waals surface area contributed by atoms with Gasteiger partial charge in [-0.3, -0.25) is 14.6 Å². The van der Waals surface area contributed by atoms with E-state index in [1.54, 1.807) is 53.7 Å². The molecule has 8 heteroatoms. The van der Waals surface area contributed by atoms with Gasteiger partial charge < -0.3 is 15.0 Å². The third-order valence-electron chi connectivity index (χ3n) is 5.94. The molecule has 0 saturated carbocycles. The topological polar surface area (TPSA) is 71.5 Å². The summed E-state index contributed by atoms with van der Waals surface area (Å²) in [5.74, 6) is -0.221. The molecule has 4 aromatic rings. The van der Waals surface area contributed by atoms with Crippen molar-refractivity contribution in [1.82, 2.24) is 15.2 Å². The lowest BCUT2D eigenvalue weighted by molar-refractivity contribution is -0.142. The fourth-order valence-corrected chi connectivity index (χ4v) is 4.25. The molecule has 3 aromatic carbocycles. The van der Waals surface area contributed by atoms with E-state index < -0.39 is 6.04 Å². The minimum atomic E-state index is -0.794. The van der Waals surface area contributed by atoms with Gasteiger partial charge in [0.2, 0.25) is 5.91 Å². The molecule has 0 aliphatic rings. The van der Waals surface area contributed by atoms with Crippen LogP contribution in [-0.2, 0) is 29.1 Å². The molecular formula is C30H27Cl2N3O3. The van der Waals surface area contributed by atoms with Gasteiger partial charge in [-0.2, -0.15) is 0 Å². The molecule has 0 fully saturated rings. The molecule has 0 spiro atoms. The summed E-state index contributed by atoms with van der Waals surface area (Å²) in [6.45, 7) is 0.230. The van der Waals surface area contributed by atoms with Gasteiger partial charge in [0.05, 0.1) is 5.02 Å². The fourth-order valence-electron chi connectivity index (χ4n) is 3.93. The molecule has 4 rings (SSSR count). The largest absolute Gasteiger partial charge is 0.482 e. The Hall–Kier alpha value is -3.87. The standard InChI is InChI=1S/C30H27Cl2N3O3/c31-25-12-10-24(11-13-25)20-35(29(36)21-38-28-9-5-4-8-26(28)32)27(18-22-6-2-1-3-7-22)30(37)34-19-23-14-16-33-17-15-23/h1-17,27H,18-21H2,(H,34,37)/t27-/m0/s1. The highest BCUT2D eigenvalue weighted by Crippen LogP contribution is 2.24. The van der Waals surface area contributed by atoms with E-state index in [1.807, 2.05) is 54.6 Å². The second-order valence-corrected chi connectivity index (χ2v) is 9.49. The average Bonchev–Trinajstić information content (AvgIpc) is 2.95. The van der Waals surface area contributed by atoms with Crippen molar-refractivity contribution < 1.29 is 14.3 Å². The Bertz CT molecular complexity index is 1340. The first kappa shape index (κ1) is 27.2. The molecule has 0 unspecified atom stereocenters. The zero-order chi connectivity index (χ0) is 26.7. The van der Waals surface area contributed by atoms with Crippen LogP contribution in [0.2, 0.25) is 10.0 Å². The number of nitrogens with one attached hydrogen (secondary N) is 1. The number of para-hydroxylation sites is 1. The predicted molar refractivity (Wildman–Crippen MR) is 149 cm³/mol. The molecule has 6 nitrogen and oxygen atoms in total. The van der Waals surface area contributed by atoms with E-state index in [-0.39, 0.29) is 25.0 Å². The number of aromatic nitrogens is 1. The van der Waals surface area contributed by atoms with E-state index in [1.165, 1.54) is 0 Å². The molecule has 0 aliphatic heterocycles. The van der Waals surface area contributed by atoms with E-state index in [0.29, 0.717) is 28.8 Å². The average molecular weight is 548 g/mol. The van der Waals surface area contributed by atoms with Crippen molar-refractivity contribution in [2.75, 3.05) is 6.61 Å². The lowest BCUT2D eigenvalue weighted by Crippen LogP contribution is -2.51. The normalized spacial score (nSPS) is 11.4. The van der Waals surface area contributed by atoms with Gasteiger partial charge >= 0.3 is 0 Å². The second-order valence-electron chi connectivity index (χ2n) is 8.65. The first-order chi connectivity index (χ1) is 18.5. The molecule has 1 atom stereocenters. The molecule has 2 amide bonds. The number of carbonyl (C=O) groups is 2. The molecule has 0 radical (unpaired) electrons. The van der Waals surface area contributed by atoms with E-state index >= 15 is 0 Å². The summed E-state index contributed by atoms with van der Waals surface area (Å²) in [5, 5.41) is 3.98. The molecule has 0 bridgehead atoms. The van der Waals surface area contributed by atoms with Gasteiger partial charge in [-0.15, -0.1) is 0 Å². The van der Waals surface area contributed by atoms with Crippen molar-refractivity contribution in [2.45, 2.75) is 25.6 Å². The van der Waals surface area contributed by atoms with Crippen LogP contribution in [0.3, 0.4) is 0 Å². The highest BCUT2D eigenvalue weighted by atomic mass is 35.5. The van der Waals surface area contributed by atoms with Crippen LogP contribution in [0.15, 0.2) is 103 Å². The van der Waals surface area contributed by atoms with E-state index in [0.717, 1.165) is 16.7 Å². The van der Waals surface area contributed by atoms with Crippen molar-refractivity contribution in [2.24, 2.45) is 0 Å². The maximum absolute atomic E-state index is 13.7. The minimum Gasteiger partial charge on any atom is -0.482 e. The van der Waals surface area contributed by atoms with Gasteiger partial charge in [0.25, 0.3) is 5.91 Å². The third-order valence-corrected chi connectivity index (χ3v) is 6.51. The fraction of sp³-hybridized carbons (Fsp3) is 0.167. The van der Waals surface area contributed by atoms with Gasteiger partial charge in [-0.05, 0) is 53.1 Å². The monoisotopic (exact) mass is 547 g/mol. The SMILES string of the molecule is O=C(NCc1ccncc1)[C@H](Cc1ccccc1)N(Cc1ccc(Cl)cc1)C(=O)COc1ccccc1Cl. The number of amides is 2. The second kappa shape index (κ2) is 13.6. The summed E-state index contributed by atoms with van der Waals surface area (Å²) < 4.78 is 5.76. The summed E-state index contributed by atoms with van der Waals surface area (Å²) in [5.41, 5.74) is 2.67. The Morgan fingerprint density at radius 3 is 2.21 bits per heavy atom. The molecule has 38 heavy (non-hydrogen) atoms. The first-order valence-corrected chi connectivity index (χ1v) is 12.9. The van der Waals surface area contributed by atoms with Crippen LogP contribution in [0.4, 0.5) is 0 Å². The summed E-state index contributed by atoms with van der Waals surface area (Å²) >= 11 is 12.3. The van der Waals surface area contributed by atoms with Crippen LogP contribution < -0.4 is 10.1 Å². The van der Waals surface area contributed by atoms with Crippen molar-refractivity contribution in [1.29, 1.82) is 0 Å². The first-order valence-electron chi connectivity index (χ1n) is 12.1. The van der Waals surface area contributed by atoms with Crippen molar-refractivity contribution in [3.8, 4) is 5.75 Å². The maximum atomic E-state index is 13.7. The molecule has 1 N–H and O–H groups in total. The molecule has 1 heterocycles. The van der Waals surface area contributed by atoms with Gasteiger partial charge in [0.1, 0.15) is 11.8 Å². The Kier molecular flexibility index (Phi) is 9.73. The Morgan fingerprint density at radius 1 is 0.816 bits per heavy atom. The molecule has 0 saturated heterocycles. The molecule has 0 aliphatic carbocycles. The van der Waals surface area contributed by atoms with Gasteiger partial charge in [0, 0.05) is 36.9 Å². The zero-order valence-electron chi connectivity index (χ0n) is 20.6. The summed E-state index contributed by atoms with van der Waals surface area (Å²) in [4.78, 5) is 32.9. The number of ether oxygens (including phenoxy) is 1. The lowest BCUT2D eigenvalue weighted by atomic mass is 10.0. The number of benzene rings is 3.